The molecule has 0 aliphatic rings. The first kappa shape index (κ1) is 10.3. The number of allylic oxidation sites excluding steroid dienone is 4. The number of anilines is 1. The summed E-state index contributed by atoms with van der Waals surface area (Å²) in [6.45, 7) is 1.97. The smallest absolute Gasteiger partial charge is 0.0858 e. The molecule has 0 heterocycles. The summed E-state index contributed by atoms with van der Waals surface area (Å²) in [5.74, 6) is 0. The summed E-state index contributed by atoms with van der Waals surface area (Å²) in [5.41, 5.74) is 7.21. The van der Waals surface area contributed by atoms with Crippen LogP contribution in [0.4, 0.5) is 11.4 Å². The van der Waals surface area contributed by atoms with Gasteiger partial charge in [0.25, 0.3) is 0 Å². The lowest BCUT2D eigenvalue weighted by Crippen LogP contribution is -1.83. The van der Waals surface area contributed by atoms with Crippen LogP contribution >= 0.6 is 0 Å². The molecule has 0 aliphatic carbocycles. The summed E-state index contributed by atoms with van der Waals surface area (Å²) in [4.78, 5) is 4.21. The van der Waals surface area contributed by atoms with Gasteiger partial charge in [-0.05, 0) is 25.1 Å². The number of benzene rings is 1. The Balaban J connectivity index is 2.65. The van der Waals surface area contributed by atoms with Crippen molar-refractivity contribution < 1.29 is 0 Å². The van der Waals surface area contributed by atoms with Gasteiger partial charge in [-0.1, -0.05) is 30.4 Å². The van der Waals surface area contributed by atoms with Crippen molar-refractivity contribution in [3.05, 3.63) is 48.6 Å². The first-order valence-electron chi connectivity index (χ1n) is 4.51. The number of aliphatic imine (C=N–C) groups is 1. The predicted molar refractivity (Wildman–Crippen MR) is 63.0 cm³/mol. The molecule has 0 fully saturated rings. The van der Waals surface area contributed by atoms with E-state index in [0.29, 0.717) is 5.69 Å². The van der Waals surface area contributed by atoms with Crippen molar-refractivity contribution in [2.24, 2.45) is 4.99 Å². The summed E-state index contributed by atoms with van der Waals surface area (Å²) in [7, 11) is 0. The lowest BCUT2D eigenvalue weighted by Gasteiger charge is -1.95. The maximum absolute atomic E-state index is 5.71. The van der Waals surface area contributed by atoms with E-state index < -0.39 is 0 Å². The van der Waals surface area contributed by atoms with Crippen molar-refractivity contribution in [1.29, 1.82) is 0 Å². The van der Waals surface area contributed by atoms with Crippen molar-refractivity contribution in [1.82, 2.24) is 0 Å². The van der Waals surface area contributed by atoms with Crippen LogP contribution in [0.3, 0.4) is 0 Å². The molecular weight excluding hydrogens is 172 g/mol. The van der Waals surface area contributed by atoms with Crippen molar-refractivity contribution in [3.8, 4) is 0 Å². The van der Waals surface area contributed by atoms with Crippen LogP contribution in [0.25, 0.3) is 0 Å². The average Bonchev–Trinajstić information content (AvgIpc) is 2.20. The predicted octanol–water partition coefficient (Wildman–Crippen LogP) is 3.10. The van der Waals surface area contributed by atoms with Gasteiger partial charge in [-0.15, -0.1) is 0 Å². The molecule has 0 amide bonds. The Bertz CT molecular complexity index is 362. The summed E-state index contributed by atoms with van der Waals surface area (Å²) >= 11 is 0. The van der Waals surface area contributed by atoms with Crippen LogP contribution in [0.1, 0.15) is 6.92 Å². The van der Waals surface area contributed by atoms with Gasteiger partial charge < -0.3 is 5.73 Å². The van der Waals surface area contributed by atoms with E-state index in [1.807, 2.05) is 55.5 Å². The molecule has 0 atom stereocenters. The molecule has 0 radical (unpaired) electrons. The second-order valence-corrected chi connectivity index (χ2v) is 2.75. The summed E-state index contributed by atoms with van der Waals surface area (Å²) in [6, 6.07) is 7.53. The Hall–Kier alpha value is -1.83. The van der Waals surface area contributed by atoms with Crippen LogP contribution in [0.5, 0.6) is 0 Å². The Morgan fingerprint density at radius 3 is 2.64 bits per heavy atom. The monoisotopic (exact) mass is 186 g/mol. The lowest BCUT2D eigenvalue weighted by atomic mass is 10.3. The Kier molecular flexibility index (Phi) is 4.21. The minimum atomic E-state index is 0.697. The fraction of sp³-hybridized carbons (Fsp3) is 0.0833. The summed E-state index contributed by atoms with van der Waals surface area (Å²) in [6.07, 6.45) is 9.42. The molecule has 0 aromatic heterocycles. The van der Waals surface area contributed by atoms with Gasteiger partial charge in [0.05, 0.1) is 11.4 Å². The van der Waals surface area contributed by atoms with Gasteiger partial charge in [0.1, 0.15) is 0 Å². The highest BCUT2D eigenvalue weighted by Crippen LogP contribution is 2.19. The number of nitrogens with zero attached hydrogens (tertiary/aromatic N) is 1. The highest BCUT2D eigenvalue weighted by atomic mass is 14.8. The average molecular weight is 186 g/mol. The molecule has 0 spiro atoms. The normalized spacial score (nSPS) is 12.1. The maximum atomic E-state index is 5.71. The third kappa shape index (κ3) is 3.27. The molecule has 1 rings (SSSR count). The number of para-hydroxylation sites is 2. The van der Waals surface area contributed by atoms with E-state index in [0.717, 1.165) is 5.69 Å². The molecule has 2 N–H and O–H groups in total. The third-order valence-corrected chi connectivity index (χ3v) is 1.65. The third-order valence-electron chi connectivity index (χ3n) is 1.65. The van der Waals surface area contributed by atoms with Crippen molar-refractivity contribution in [2.75, 3.05) is 5.73 Å². The van der Waals surface area contributed by atoms with E-state index in [-0.39, 0.29) is 0 Å². The number of hydrogen-bond acceptors (Lipinski definition) is 2. The SMILES string of the molecule is C/C=C/C=C/C=Nc1ccccc1N. The van der Waals surface area contributed by atoms with Crippen LogP contribution in [-0.4, -0.2) is 6.21 Å². The topological polar surface area (TPSA) is 38.4 Å². The molecule has 2 heteroatoms. The number of nitrogen functional groups attached to an aromatic ring is 1. The molecule has 0 aliphatic heterocycles. The van der Waals surface area contributed by atoms with Crippen LogP contribution in [0.2, 0.25) is 0 Å². The van der Waals surface area contributed by atoms with Gasteiger partial charge in [0.2, 0.25) is 0 Å². The Morgan fingerprint density at radius 2 is 1.93 bits per heavy atom. The lowest BCUT2D eigenvalue weighted by molar-refractivity contribution is 1.54. The van der Waals surface area contributed by atoms with Gasteiger partial charge in [0, 0.05) is 6.21 Å². The summed E-state index contributed by atoms with van der Waals surface area (Å²) < 4.78 is 0. The van der Waals surface area contributed by atoms with E-state index in [1.165, 1.54) is 0 Å². The molecule has 0 saturated carbocycles. The molecule has 1 aromatic carbocycles. The molecule has 0 bridgehead atoms. The standard InChI is InChI=1S/C12H14N2/c1-2-3-4-7-10-14-12-9-6-5-8-11(12)13/h2-10H,13H2,1H3/b3-2+,7-4+,14-10?. The number of nitrogens with two attached hydrogens (primary N) is 1. The van der Waals surface area contributed by atoms with Crippen LogP contribution < -0.4 is 5.73 Å². The van der Waals surface area contributed by atoms with Crippen LogP contribution in [0, 0.1) is 0 Å². The fourth-order valence-corrected chi connectivity index (χ4v) is 0.953. The van der Waals surface area contributed by atoms with E-state index in [1.54, 1.807) is 6.21 Å². The Morgan fingerprint density at radius 1 is 1.14 bits per heavy atom. The Labute approximate surface area is 84.5 Å². The van der Waals surface area contributed by atoms with Gasteiger partial charge in [-0.3, -0.25) is 4.99 Å². The molecule has 72 valence electrons. The minimum Gasteiger partial charge on any atom is -0.397 e. The molecule has 0 unspecified atom stereocenters. The highest BCUT2D eigenvalue weighted by Gasteiger charge is 1.90. The zero-order valence-corrected chi connectivity index (χ0v) is 8.22. The fourth-order valence-electron chi connectivity index (χ4n) is 0.953. The van der Waals surface area contributed by atoms with Crippen molar-refractivity contribution in [3.63, 3.8) is 0 Å². The van der Waals surface area contributed by atoms with E-state index >= 15 is 0 Å². The highest BCUT2D eigenvalue weighted by molar-refractivity contribution is 5.77. The van der Waals surface area contributed by atoms with Crippen molar-refractivity contribution >= 4 is 17.6 Å². The molecule has 2 nitrogen and oxygen atoms in total. The second kappa shape index (κ2) is 5.75. The van der Waals surface area contributed by atoms with Gasteiger partial charge in [-0.25, -0.2) is 0 Å². The van der Waals surface area contributed by atoms with Crippen LogP contribution in [0.15, 0.2) is 53.6 Å². The van der Waals surface area contributed by atoms with Gasteiger partial charge in [-0.2, -0.15) is 0 Å². The van der Waals surface area contributed by atoms with Crippen molar-refractivity contribution in [2.45, 2.75) is 6.92 Å². The zero-order chi connectivity index (χ0) is 10.2. The summed E-state index contributed by atoms with van der Waals surface area (Å²) in [5, 5.41) is 0. The second-order valence-electron chi connectivity index (χ2n) is 2.75. The first-order valence-corrected chi connectivity index (χ1v) is 4.51. The molecule has 1 aromatic rings. The zero-order valence-electron chi connectivity index (χ0n) is 8.22. The number of rotatable bonds is 3. The van der Waals surface area contributed by atoms with Crippen LogP contribution in [-0.2, 0) is 0 Å². The molecular formula is C12H14N2. The number of hydrogen-bond donors (Lipinski definition) is 1. The van der Waals surface area contributed by atoms with E-state index in [9.17, 15) is 0 Å². The van der Waals surface area contributed by atoms with Gasteiger partial charge >= 0.3 is 0 Å². The molecule has 0 saturated heterocycles. The maximum Gasteiger partial charge on any atom is 0.0858 e. The van der Waals surface area contributed by atoms with E-state index in [4.69, 9.17) is 5.73 Å². The quantitative estimate of drug-likeness (QED) is 0.439. The first-order chi connectivity index (χ1) is 6.84. The van der Waals surface area contributed by atoms with Gasteiger partial charge in [0.15, 0.2) is 0 Å². The largest absolute Gasteiger partial charge is 0.397 e. The van der Waals surface area contributed by atoms with E-state index in [2.05, 4.69) is 4.99 Å². The minimum absolute atomic E-state index is 0.697. The molecule has 14 heavy (non-hydrogen) atoms.